The molecule has 2 heterocycles. The Labute approximate surface area is 209 Å². The van der Waals surface area contributed by atoms with Crippen LogP contribution in [0.25, 0.3) is 5.76 Å². The summed E-state index contributed by atoms with van der Waals surface area (Å²) in [5.41, 5.74) is 3.01. The van der Waals surface area contributed by atoms with E-state index in [1.54, 1.807) is 19.2 Å². The highest BCUT2D eigenvalue weighted by Gasteiger charge is 2.46. The van der Waals surface area contributed by atoms with E-state index in [0.29, 0.717) is 35.8 Å². The third-order valence-electron chi connectivity index (χ3n) is 6.50. The number of fused-ring (bicyclic) bond motifs is 1. The minimum Gasteiger partial charge on any atom is -0.507 e. The van der Waals surface area contributed by atoms with Crippen molar-refractivity contribution in [1.82, 2.24) is 4.90 Å². The Kier molecular flexibility index (Phi) is 6.38. The monoisotopic (exact) mass is 485 g/mol. The molecular formula is C29H27NO6. The lowest BCUT2D eigenvalue weighted by Crippen LogP contribution is -2.29. The molecule has 0 radical (unpaired) electrons. The molecule has 3 aromatic carbocycles. The maximum atomic E-state index is 13.4. The summed E-state index contributed by atoms with van der Waals surface area (Å²) in [6.07, 6.45) is 0.724. The smallest absolute Gasteiger partial charge is 0.295 e. The molecule has 1 amide bonds. The van der Waals surface area contributed by atoms with Gasteiger partial charge in [-0.1, -0.05) is 24.3 Å². The molecule has 2 aliphatic rings. The predicted molar refractivity (Wildman–Crippen MR) is 134 cm³/mol. The summed E-state index contributed by atoms with van der Waals surface area (Å²) in [5, 5.41) is 11.4. The average Bonchev–Trinajstić information content (AvgIpc) is 3.47. The fourth-order valence-corrected chi connectivity index (χ4v) is 4.75. The van der Waals surface area contributed by atoms with Gasteiger partial charge in [0.25, 0.3) is 11.7 Å². The molecule has 0 bridgehead atoms. The first kappa shape index (κ1) is 23.5. The number of methoxy groups -OCH3 is 1. The number of ketones is 1. The molecule has 184 valence electrons. The van der Waals surface area contributed by atoms with Crippen LogP contribution < -0.4 is 14.2 Å². The van der Waals surface area contributed by atoms with Gasteiger partial charge in [-0.2, -0.15) is 0 Å². The fraction of sp³-hybridized carbons (Fsp3) is 0.241. The highest BCUT2D eigenvalue weighted by Crippen LogP contribution is 2.42. The maximum Gasteiger partial charge on any atom is 0.295 e. The van der Waals surface area contributed by atoms with E-state index in [-0.39, 0.29) is 17.9 Å². The first-order chi connectivity index (χ1) is 17.5. The van der Waals surface area contributed by atoms with Crippen LogP contribution in [0.5, 0.6) is 17.2 Å². The minimum atomic E-state index is -0.781. The van der Waals surface area contributed by atoms with Crippen molar-refractivity contribution in [2.45, 2.75) is 25.9 Å². The average molecular weight is 486 g/mol. The molecule has 1 saturated heterocycles. The van der Waals surface area contributed by atoms with Crippen molar-refractivity contribution < 1.29 is 28.9 Å². The second kappa shape index (κ2) is 9.77. The Bertz CT molecular complexity index is 1340. The molecule has 7 nitrogen and oxygen atoms in total. The van der Waals surface area contributed by atoms with Crippen LogP contribution in [0, 0.1) is 0 Å². The zero-order chi connectivity index (χ0) is 25.2. The van der Waals surface area contributed by atoms with Gasteiger partial charge in [0.15, 0.2) is 0 Å². The van der Waals surface area contributed by atoms with Crippen molar-refractivity contribution in [2.75, 3.05) is 20.3 Å². The molecular weight excluding hydrogens is 458 g/mol. The lowest BCUT2D eigenvalue weighted by Gasteiger charge is -2.26. The van der Waals surface area contributed by atoms with Gasteiger partial charge in [0.2, 0.25) is 0 Å². The molecule has 36 heavy (non-hydrogen) atoms. The van der Waals surface area contributed by atoms with Crippen LogP contribution in [0.1, 0.15) is 35.2 Å². The second-order valence-electron chi connectivity index (χ2n) is 8.70. The van der Waals surface area contributed by atoms with E-state index in [0.717, 1.165) is 23.3 Å². The summed E-state index contributed by atoms with van der Waals surface area (Å²) in [4.78, 5) is 28.2. The topological polar surface area (TPSA) is 85.3 Å². The number of benzene rings is 3. The molecule has 3 aromatic rings. The molecule has 0 aromatic heterocycles. The zero-order valence-electron chi connectivity index (χ0n) is 20.2. The van der Waals surface area contributed by atoms with E-state index in [9.17, 15) is 14.7 Å². The first-order valence-corrected chi connectivity index (χ1v) is 11.9. The number of likely N-dealkylation sites (tertiary alicyclic amines) is 1. The third-order valence-corrected chi connectivity index (χ3v) is 6.50. The van der Waals surface area contributed by atoms with E-state index in [4.69, 9.17) is 14.2 Å². The van der Waals surface area contributed by atoms with Crippen molar-refractivity contribution in [3.63, 3.8) is 0 Å². The van der Waals surface area contributed by atoms with Gasteiger partial charge in [0, 0.05) is 18.5 Å². The van der Waals surface area contributed by atoms with Crippen molar-refractivity contribution in [3.8, 4) is 17.2 Å². The standard InChI is InChI=1S/C29H27NO6/c1-3-35-23-6-4-5-20(16-23)26-25(27(31)21-9-12-24-19(15-21)13-14-36-24)28(32)29(33)30(26)17-18-7-10-22(34-2)11-8-18/h4-12,15-16,26,31H,3,13-14,17H2,1-2H3/b27-25-. The summed E-state index contributed by atoms with van der Waals surface area (Å²) < 4.78 is 16.5. The summed E-state index contributed by atoms with van der Waals surface area (Å²) in [7, 11) is 1.59. The van der Waals surface area contributed by atoms with Crippen LogP contribution in [0.3, 0.4) is 0 Å². The maximum absolute atomic E-state index is 13.4. The summed E-state index contributed by atoms with van der Waals surface area (Å²) in [6.45, 7) is 3.13. The number of hydrogen-bond donors (Lipinski definition) is 1. The van der Waals surface area contributed by atoms with Crippen molar-refractivity contribution in [2.24, 2.45) is 0 Å². The van der Waals surface area contributed by atoms with Crippen LogP contribution >= 0.6 is 0 Å². The number of amides is 1. The fourth-order valence-electron chi connectivity index (χ4n) is 4.75. The predicted octanol–water partition coefficient (Wildman–Crippen LogP) is 4.65. The number of aliphatic hydroxyl groups excluding tert-OH is 1. The highest BCUT2D eigenvalue weighted by molar-refractivity contribution is 6.46. The molecule has 2 aliphatic heterocycles. The Morgan fingerprint density at radius 3 is 2.61 bits per heavy atom. The SMILES string of the molecule is CCOc1cccc(C2/C(=C(/O)c3ccc4c(c3)CCO4)C(=O)C(=O)N2Cc2ccc(OC)cc2)c1. The quantitative estimate of drug-likeness (QED) is 0.298. The van der Waals surface area contributed by atoms with Gasteiger partial charge < -0.3 is 24.2 Å². The number of hydrogen-bond acceptors (Lipinski definition) is 6. The zero-order valence-corrected chi connectivity index (χ0v) is 20.2. The Morgan fingerprint density at radius 1 is 1.06 bits per heavy atom. The van der Waals surface area contributed by atoms with Gasteiger partial charge in [-0.25, -0.2) is 0 Å². The van der Waals surface area contributed by atoms with Crippen molar-refractivity contribution >= 4 is 17.4 Å². The minimum absolute atomic E-state index is 0.0565. The Hall–Kier alpha value is -4.26. The molecule has 1 fully saturated rings. The van der Waals surface area contributed by atoms with Gasteiger partial charge >= 0.3 is 0 Å². The van der Waals surface area contributed by atoms with E-state index in [1.165, 1.54) is 4.90 Å². The summed E-state index contributed by atoms with van der Waals surface area (Å²) >= 11 is 0. The van der Waals surface area contributed by atoms with Gasteiger partial charge in [-0.3, -0.25) is 9.59 Å². The van der Waals surface area contributed by atoms with E-state index >= 15 is 0 Å². The normalized spacial score (nSPS) is 18.2. The molecule has 7 heteroatoms. The number of ether oxygens (including phenoxy) is 3. The molecule has 0 aliphatic carbocycles. The number of rotatable bonds is 7. The van der Waals surface area contributed by atoms with Gasteiger partial charge in [0.05, 0.1) is 31.9 Å². The van der Waals surface area contributed by atoms with Crippen LogP contribution in [-0.4, -0.2) is 42.0 Å². The lowest BCUT2D eigenvalue weighted by molar-refractivity contribution is -0.140. The summed E-state index contributed by atoms with van der Waals surface area (Å²) in [5.74, 6) is 0.509. The van der Waals surface area contributed by atoms with Crippen LogP contribution in [0.4, 0.5) is 0 Å². The number of aliphatic hydroxyl groups is 1. The van der Waals surface area contributed by atoms with E-state index < -0.39 is 17.7 Å². The number of Topliss-reactive ketones (excluding diaryl/α,β-unsaturated/α-hetero) is 1. The molecule has 1 N–H and O–H groups in total. The number of carbonyl (C=O) groups excluding carboxylic acids is 2. The van der Waals surface area contributed by atoms with Crippen LogP contribution in [-0.2, 0) is 22.6 Å². The number of carbonyl (C=O) groups is 2. The van der Waals surface area contributed by atoms with E-state index in [1.807, 2.05) is 61.5 Å². The van der Waals surface area contributed by atoms with Crippen LogP contribution in [0.2, 0.25) is 0 Å². The lowest BCUT2D eigenvalue weighted by atomic mass is 9.94. The summed E-state index contributed by atoms with van der Waals surface area (Å²) in [6, 6.07) is 19.2. The van der Waals surface area contributed by atoms with Crippen molar-refractivity contribution in [1.29, 1.82) is 0 Å². The third kappa shape index (κ3) is 4.28. The molecule has 5 rings (SSSR count). The Balaban J connectivity index is 1.61. The molecule has 0 saturated carbocycles. The second-order valence-corrected chi connectivity index (χ2v) is 8.70. The Morgan fingerprint density at radius 2 is 1.86 bits per heavy atom. The van der Waals surface area contributed by atoms with Crippen LogP contribution in [0.15, 0.2) is 72.3 Å². The van der Waals surface area contributed by atoms with Gasteiger partial charge in [0.1, 0.15) is 23.0 Å². The molecule has 1 unspecified atom stereocenters. The van der Waals surface area contributed by atoms with Gasteiger partial charge in [-0.05, 0) is 66.1 Å². The highest BCUT2D eigenvalue weighted by atomic mass is 16.5. The number of nitrogens with zero attached hydrogens (tertiary/aromatic N) is 1. The van der Waals surface area contributed by atoms with Gasteiger partial charge in [-0.15, -0.1) is 0 Å². The molecule has 0 spiro atoms. The molecule has 1 atom stereocenters. The first-order valence-electron chi connectivity index (χ1n) is 11.9. The van der Waals surface area contributed by atoms with Crippen molar-refractivity contribution in [3.05, 3.63) is 94.6 Å². The largest absolute Gasteiger partial charge is 0.507 e. The van der Waals surface area contributed by atoms with E-state index in [2.05, 4.69) is 0 Å².